The van der Waals surface area contributed by atoms with Crippen LogP contribution in [0.15, 0.2) is 90.4 Å². The minimum absolute atomic E-state index is 0.182. The Morgan fingerprint density at radius 3 is 1.85 bits per heavy atom. The molecular weight excluding hydrogens is 600 g/mol. The first-order chi connectivity index (χ1) is 19.8. The number of halogens is 3. The number of nitriles is 1. The molecule has 206 valence electrons. The molecule has 5 aromatic rings. The van der Waals surface area contributed by atoms with Gasteiger partial charge in [0.2, 0.25) is 0 Å². The third kappa shape index (κ3) is 9.19. The van der Waals surface area contributed by atoms with E-state index in [0.717, 1.165) is 24.8 Å². The number of rotatable bonds is 5. The van der Waals surface area contributed by atoms with Crippen molar-refractivity contribution < 1.29 is 23.4 Å². The summed E-state index contributed by atoms with van der Waals surface area (Å²) in [5.74, 6) is -0.622. The normalized spacial score (nSPS) is 9.73. The van der Waals surface area contributed by atoms with Crippen molar-refractivity contribution in [1.82, 2.24) is 29.9 Å². The smallest absolute Gasteiger partial charge is 0.336 e. The van der Waals surface area contributed by atoms with Crippen LogP contribution in [0.3, 0.4) is 0 Å². The van der Waals surface area contributed by atoms with E-state index in [1.54, 1.807) is 42.5 Å². The number of ether oxygens (including phenoxy) is 1. The van der Waals surface area contributed by atoms with Crippen LogP contribution in [0.5, 0.6) is 5.75 Å². The molecule has 3 aromatic heterocycles. The molecule has 0 unspecified atom stereocenters. The number of carbonyl (C=O) groups is 1. The molecule has 0 amide bonds. The van der Waals surface area contributed by atoms with E-state index in [2.05, 4.69) is 45.8 Å². The van der Waals surface area contributed by atoms with Gasteiger partial charge < -0.3 is 9.84 Å². The fourth-order valence-corrected chi connectivity index (χ4v) is 3.29. The van der Waals surface area contributed by atoms with Gasteiger partial charge in [0.25, 0.3) is 0 Å². The van der Waals surface area contributed by atoms with Gasteiger partial charge >= 0.3 is 5.97 Å². The summed E-state index contributed by atoms with van der Waals surface area (Å²) < 4.78 is 30.2. The Labute approximate surface area is 241 Å². The van der Waals surface area contributed by atoms with Crippen LogP contribution in [-0.2, 0) is 0 Å². The molecule has 10 nitrogen and oxygen atoms in total. The van der Waals surface area contributed by atoms with E-state index in [-0.39, 0.29) is 5.56 Å². The van der Waals surface area contributed by atoms with Crippen LogP contribution >= 0.6 is 15.9 Å². The number of hydrogen-bond donors (Lipinski definition) is 1. The molecule has 0 spiro atoms. The number of hydrogen-bond acceptors (Lipinski definition) is 9. The summed E-state index contributed by atoms with van der Waals surface area (Å²) in [6.07, 6.45) is 7.41. The minimum atomic E-state index is -0.997. The van der Waals surface area contributed by atoms with E-state index in [1.165, 1.54) is 18.5 Å². The Kier molecular flexibility index (Phi) is 11.4. The summed E-state index contributed by atoms with van der Waals surface area (Å²) in [5, 5.41) is 17.9. The summed E-state index contributed by atoms with van der Waals surface area (Å²) in [5.41, 5.74) is 1.76. The second-order valence-corrected chi connectivity index (χ2v) is 8.29. The molecule has 3 heterocycles. The minimum Gasteiger partial charge on any atom is -0.491 e. The molecule has 0 saturated carbocycles. The van der Waals surface area contributed by atoms with Gasteiger partial charge in [-0.1, -0.05) is 30.3 Å². The van der Waals surface area contributed by atoms with Gasteiger partial charge in [-0.15, -0.1) is 0 Å². The van der Waals surface area contributed by atoms with Gasteiger partial charge in [-0.25, -0.2) is 43.5 Å². The summed E-state index contributed by atoms with van der Waals surface area (Å²) in [7, 11) is 0. The number of carboxylic acids is 1. The average Bonchev–Trinajstić information content (AvgIpc) is 3.00. The summed E-state index contributed by atoms with van der Waals surface area (Å²) in [6, 6.07) is 15.6. The standard InChI is InChI=1S/C13H12N2O3.C11H6FN3.C4H2BrFN2/c1-2-18-9-7-14-12(15-8-9)10-5-3-4-6-11(10)13(16)17;12-9-6-14-11(15-7-9)10-4-2-1-3-8(10)5-13;5-4-7-1-3(6)2-8-4/h3-8H,2H2,1H3,(H,16,17);1-4,6-7H;1-2H. The second kappa shape index (κ2) is 15.4. The van der Waals surface area contributed by atoms with Crippen LogP contribution in [0.1, 0.15) is 22.8 Å². The maximum atomic E-state index is 12.6. The van der Waals surface area contributed by atoms with E-state index < -0.39 is 17.6 Å². The van der Waals surface area contributed by atoms with Crippen LogP contribution in [0.4, 0.5) is 8.78 Å². The van der Waals surface area contributed by atoms with Crippen molar-refractivity contribution in [1.29, 1.82) is 5.26 Å². The van der Waals surface area contributed by atoms with Crippen LogP contribution in [0, 0.1) is 23.0 Å². The predicted molar refractivity (Wildman–Crippen MR) is 147 cm³/mol. The molecule has 1 N–H and O–H groups in total. The van der Waals surface area contributed by atoms with Crippen LogP contribution in [-0.4, -0.2) is 47.6 Å². The second-order valence-electron chi connectivity index (χ2n) is 7.58. The predicted octanol–water partition coefficient (Wildman–Crippen LogP) is 5.77. The Morgan fingerprint density at radius 1 is 0.829 bits per heavy atom. The lowest BCUT2D eigenvalue weighted by Gasteiger charge is -2.05. The third-order valence-corrected chi connectivity index (χ3v) is 5.24. The molecular formula is C28H20BrF2N7O3. The van der Waals surface area contributed by atoms with Crippen LogP contribution in [0.25, 0.3) is 22.8 Å². The largest absolute Gasteiger partial charge is 0.491 e. The molecule has 0 aliphatic heterocycles. The van der Waals surface area contributed by atoms with Gasteiger partial charge in [0.1, 0.15) is 0 Å². The average molecular weight is 620 g/mol. The molecule has 0 atom stereocenters. The highest BCUT2D eigenvalue weighted by molar-refractivity contribution is 9.10. The van der Waals surface area contributed by atoms with E-state index in [4.69, 9.17) is 15.1 Å². The van der Waals surface area contributed by atoms with Crippen molar-refractivity contribution >= 4 is 21.9 Å². The number of aromatic nitrogens is 6. The Morgan fingerprint density at radius 2 is 1.32 bits per heavy atom. The van der Waals surface area contributed by atoms with E-state index >= 15 is 0 Å². The summed E-state index contributed by atoms with van der Waals surface area (Å²) >= 11 is 2.96. The Balaban J connectivity index is 0.000000181. The maximum Gasteiger partial charge on any atom is 0.336 e. The highest BCUT2D eigenvalue weighted by Gasteiger charge is 2.12. The van der Waals surface area contributed by atoms with Gasteiger partial charge in [0, 0.05) is 11.1 Å². The number of carboxylic acid groups (broad SMARTS) is 1. The Hall–Kier alpha value is -5.22. The van der Waals surface area contributed by atoms with Gasteiger partial charge in [0.15, 0.2) is 33.8 Å². The lowest BCUT2D eigenvalue weighted by Crippen LogP contribution is -2.01. The van der Waals surface area contributed by atoms with Crippen LogP contribution in [0.2, 0.25) is 0 Å². The van der Waals surface area contributed by atoms with Gasteiger partial charge in [0.05, 0.1) is 61.0 Å². The molecule has 0 bridgehead atoms. The SMILES string of the molecule is CCOc1cnc(-c2ccccc2C(=O)O)nc1.Fc1cnc(Br)nc1.N#Cc1ccccc1-c1ncc(F)cn1. The zero-order chi connectivity index (χ0) is 29.6. The first kappa shape index (κ1) is 30.3. The highest BCUT2D eigenvalue weighted by atomic mass is 79.9. The topological polar surface area (TPSA) is 148 Å². The van der Waals surface area contributed by atoms with Crippen molar-refractivity contribution in [3.05, 3.63) is 113 Å². The third-order valence-electron chi connectivity index (χ3n) is 4.84. The van der Waals surface area contributed by atoms with Gasteiger partial charge in [-0.3, -0.25) is 0 Å². The highest BCUT2D eigenvalue weighted by Crippen LogP contribution is 2.21. The molecule has 41 heavy (non-hydrogen) atoms. The fourth-order valence-electron chi connectivity index (χ4n) is 3.08. The molecule has 0 fully saturated rings. The molecule has 2 aromatic carbocycles. The number of aromatic carboxylic acids is 1. The summed E-state index contributed by atoms with van der Waals surface area (Å²) in [4.78, 5) is 34.0. The van der Waals surface area contributed by atoms with Crippen LogP contribution < -0.4 is 4.74 Å². The maximum absolute atomic E-state index is 12.6. The molecule has 0 saturated heterocycles. The van der Waals surface area contributed by atoms with Crippen molar-refractivity contribution in [2.24, 2.45) is 0 Å². The monoisotopic (exact) mass is 619 g/mol. The molecule has 0 aliphatic rings. The van der Waals surface area contributed by atoms with Crippen molar-refractivity contribution in [2.45, 2.75) is 6.92 Å². The van der Waals surface area contributed by atoms with Crippen molar-refractivity contribution in [3.8, 4) is 34.6 Å². The van der Waals surface area contributed by atoms with Crippen molar-refractivity contribution in [2.75, 3.05) is 6.61 Å². The van der Waals surface area contributed by atoms with Gasteiger partial charge in [-0.05, 0) is 41.1 Å². The zero-order valence-corrected chi connectivity index (χ0v) is 22.9. The zero-order valence-electron chi connectivity index (χ0n) is 21.3. The summed E-state index contributed by atoms with van der Waals surface area (Å²) in [6.45, 7) is 2.40. The lowest BCUT2D eigenvalue weighted by atomic mass is 10.1. The van der Waals surface area contributed by atoms with E-state index in [1.807, 2.05) is 13.0 Å². The first-order valence-electron chi connectivity index (χ1n) is 11.7. The lowest BCUT2D eigenvalue weighted by molar-refractivity contribution is 0.0697. The van der Waals surface area contributed by atoms with Crippen molar-refractivity contribution in [3.63, 3.8) is 0 Å². The number of benzene rings is 2. The van der Waals surface area contributed by atoms with E-state index in [0.29, 0.717) is 45.4 Å². The fraction of sp³-hybridized carbons (Fsp3) is 0.0714. The van der Waals surface area contributed by atoms with Gasteiger partial charge in [-0.2, -0.15) is 5.26 Å². The molecule has 5 rings (SSSR count). The quantitative estimate of drug-likeness (QED) is 0.240. The molecule has 13 heteroatoms. The molecule has 0 radical (unpaired) electrons. The van der Waals surface area contributed by atoms with E-state index in [9.17, 15) is 13.6 Å². The molecule has 0 aliphatic carbocycles. The Bertz CT molecular complexity index is 1600. The first-order valence-corrected chi connectivity index (χ1v) is 12.5. The number of nitrogens with zero attached hydrogens (tertiary/aromatic N) is 7.